The minimum atomic E-state index is -1.50. The van der Waals surface area contributed by atoms with Crippen molar-refractivity contribution < 1.29 is 19.1 Å². The fourth-order valence-electron chi connectivity index (χ4n) is 1.50. The van der Waals surface area contributed by atoms with Crippen molar-refractivity contribution in [2.75, 3.05) is 0 Å². The summed E-state index contributed by atoms with van der Waals surface area (Å²) in [5, 5.41) is 13.3. The molecule has 0 aliphatic rings. The molecule has 6 heteroatoms. The van der Waals surface area contributed by atoms with Gasteiger partial charge in [0.15, 0.2) is 0 Å². The minimum absolute atomic E-state index is 0.302. The summed E-state index contributed by atoms with van der Waals surface area (Å²) in [6.45, 7) is 0. The lowest BCUT2D eigenvalue weighted by atomic mass is 10.2. The number of carbonyl (C=O) groups is 2. The summed E-state index contributed by atoms with van der Waals surface area (Å²) in [6.07, 6.45) is 2.58. The van der Waals surface area contributed by atoms with Crippen molar-refractivity contribution in [3.05, 3.63) is 64.2 Å². The van der Waals surface area contributed by atoms with Gasteiger partial charge in [-0.25, -0.2) is 0 Å². The third-order valence-corrected chi connectivity index (χ3v) is 3.11. The Morgan fingerprint density at radius 1 is 1.20 bits per heavy atom. The maximum Gasteiger partial charge on any atom is 0.256 e. The number of furan rings is 1. The lowest BCUT2D eigenvalue weighted by Crippen LogP contribution is -2.35. The van der Waals surface area contributed by atoms with E-state index < -0.39 is 11.9 Å². The Hall–Kier alpha value is -2.34. The average molecular weight is 335 g/mol. The van der Waals surface area contributed by atoms with Crippen molar-refractivity contribution in [2.24, 2.45) is 0 Å². The number of hydrogen-bond donors (Lipinski definition) is 1. The van der Waals surface area contributed by atoms with Crippen LogP contribution >= 0.6 is 15.9 Å². The second-order valence-corrected chi connectivity index (χ2v) is 4.65. The summed E-state index contributed by atoms with van der Waals surface area (Å²) in [7, 11) is 0. The number of carbonyl (C=O) groups excluding carboxylic acids is 2. The summed E-state index contributed by atoms with van der Waals surface area (Å²) in [4.78, 5) is 23.0. The minimum Gasteiger partial charge on any atom is -0.543 e. The van der Waals surface area contributed by atoms with E-state index in [1.807, 2.05) is 0 Å². The fourth-order valence-corrected chi connectivity index (χ4v) is 1.96. The van der Waals surface area contributed by atoms with Crippen molar-refractivity contribution in [1.82, 2.24) is 5.32 Å². The summed E-state index contributed by atoms with van der Waals surface area (Å²) >= 11 is 3.22. The van der Waals surface area contributed by atoms with Gasteiger partial charge in [0.2, 0.25) is 0 Å². The lowest BCUT2D eigenvalue weighted by molar-refractivity contribution is -0.299. The molecule has 1 amide bonds. The molecule has 0 atom stereocenters. The molecule has 2 aromatic rings. The third-order valence-electron chi connectivity index (χ3n) is 2.42. The Labute approximate surface area is 123 Å². The zero-order valence-electron chi connectivity index (χ0n) is 10.1. The van der Waals surface area contributed by atoms with Gasteiger partial charge in [0.05, 0.1) is 23.5 Å². The first-order valence-corrected chi connectivity index (χ1v) is 6.39. The SMILES string of the molecule is O=C([O-])C(=Cc1ccco1)NC(=O)c1ccccc1Br. The molecule has 1 heterocycles. The van der Waals surface area contributed by atoms with E-state index in [0.29, 0.717) is 15.8 Å². The number of carboxylic acid groups (broad SMARTS) is 1. The van der Waals surface area contributed by atoms with Crippen molar-refractivity contribution in [2.45, 2.75) is 0 Å². The Bertz CT molecular complexity index is 662. The largest absolute Gasteiger partial charge is 0.543 e. The predicted molar refractivity (Wildman–Crippen MR) is 73.3 cm³/mol. The summed E-state index contributed by atoms with van der Waals surface area (Å²) < 4.78 is 5.56. The molecule has 0 aliphatic carbocycles. The number of rotatable bonds is 4. The first-order chi connectivity index (χ1) is 9.58. The van der Waals surface area contributed by atoms with Gasteiger partial charge in [-0.2, -0.15) is 0 Å². The Morgan fingerprint density at radius 2 is 1.95 bits per heavy atom. The smallest absolute Gasteiger partial charge is 0.256 e. The highest BCUT2D eigenvalue weighted by atomic mass is 79.9. The number of nitrogens with one attached hydrogen (secondary N) is 1. The maximum absolute atomic E-state index is 12.0. The van der Waals surface area contributed by atoms with E-state index in [0.717, 1.165) is 0 Å². The topological polar surface area (TPSA) is 82.4 Å². The Kier molecular flexibility index (Phi) is 4.37. The first-order valence-electron chi connectivity index (χ1n) is 5.60. The van der Waals surface area contributed by atoms with Gasteiger partial charge < -0.3 is 19.6 Å². The zero-order chi connectivity index (χ0) is 14.5. The quantitative estimate of drug-likeness (QED) is 0.860. The predicted octanol–water partition coefficient (Wildman–Crippen LogP) is 1.56. The molecule has 0 aliphatic heterocycles. The summed E-state index contributed by atoms with van der Waals surface area (Å²) in [6, 6.07) is 9.85. The number of carboxylic acids is 1. The summed E-state index contributed by atoms with van der Waals surface area (Å²) in [5.41, 5.74) is -0.0557. The molecule has 1 aromatic heterocycles. The number of benzene rings is 1. The van der Waals surface area contributed by atoms with Crippen LogP contribution in [0.1, 0.15) is 16.1 Å². The molecule has 0 saturated heterocycles. The van der Waals surface area contributed by atoms with Crippen molar-refractivity contribution >= 4 is 33.9 Å². The molecule has 0 saturated carbocycles. The monoisotopic (exact) mass is 334 g/mol. The molecule has 2 rings (SSSR count). The van der Waals surface area contributed by atoms with Crippen LogP contribution in [0.15, 0.2) is 57.2 Å². The third kappa shape index (κ3) is 3.36. The van der Waals surface area contributed by atoms with Crippen molar-refractivity contribution in [3.8, 4) is 0 Å². The highest BCUT2D eigenvalue weighted by molar-refractivity contribution is 9.10. The highest BCUT2D eigenvalue weighted by Gasteiger charge is 2.11. The van der Waals surface area contributed by atoms with Crippen LogP contribution in [-0.2, 0) is 4.79 Å². The van der Waals surface area contributed by atoms with E-state index in [2.05, 4.69) is 21.2 Å². The van der Waals surface area contributed by atoms with E-state index in [1.165, 1.54) is 12.3 Å². The van der Waals surface area contributed by atoms with E-state index in [1.54, 1.807) is 36.4 Å². The molecule has 102 valence electrons. The van der Waals surface area contributed by atoms with Gasteiger partial charge in [-0.15, -0.1) is 0 Å². The number of aliphatic carboxylic acids is 1. The van der Waals surface area contributed by atoms with Crippen LogP contribution in [0.5, 0.6) is 0 Å². The van der Waals surface area contributed by atoms with Gasteiger partial charge in [-0.1, -0.05) is 12.1 Å². The van der Waals surface area contributed by atoms with Crippen LogP contribution in [0.4, 0.5) is 0 Å². The Balaban J connectivity index is 2.24. The Morgan fingerprint density at radius 3 is 2.55 bits per heavy atom. The van der Waals surface area contributed by atoms with Crippen LogP contribution in [0.3, 0.4) is 0 Å². The van der Waals surface area contributed by atoms with E-state index in [9.17, 15) is 14.7 Å². The normalized spacial score (nSPS) is 11.2. The van der Waals surface area contributed by atoms with Crippen LogP contribution in [-0.4, -0.2) is 11.9 Å². The molecule has 0 unspecified atom stereocenters. The van der Waals surface area contributed by atoms with E-state index >= 15 is 0 Å². The molecule has 1 N–H and O–H groups in total. The van der Waals surface area contributed by atoms with Gasteiger partial charge in [-0.3, -0.25) is 4.79 Å². The van der Waals surface area contributed by atoms with Crippen LogP contribution in [0.2, 0.25) is 0 Å². The number of halogens is 1. The molecular weight excluding hydrogens is 326 g/mol. The van der Waals surface area contributed by atoms with Gasteiger partial charge in [-0.05, 0) is 40.2 Å². The second-order valence-electron chi connectivity index (χ2n) is 3.79. The van der Waals surface area contributed by atoms with E-state index in [-0.39, 0.29) is 5.70 Å². The molecule has 20 heavy (non-hydrogen) atoms. The molecule has 0 fully saturated rings. The van der Waals surface area contributed by atoms with Gasteiger partial charge in [0, 0.05) is 10.5 Å². The van der Waals surface area contributed by atoms with Gasteiger partial charge in [0.25, 0.3) is 5.91 Å². The second kappa shape index (κ2) is 6.21. The molecule has 0 bridgehead atoms. The molecular formula is C14H9BrNO4-. The standard InChI is InChI=1S/C14H10BrNO4/c15-11-6-2-1-5-10(11)13(17)16-12(14(18)19)8-9-4-3-7-20-9/h1-8H,(H,16,17)(H,18,19)/p-1. The average Bonchev–Trinajstić information content (AvgIpc) is 2.91. The number of hydrogen-bond acceptors (Lipinski definition) is 4. The molecule has 5 nitrogen and oxygen atoms in total. The number of amides is 1. The van der Waals surface area contributed by atoms with Crippen LogP contribution in [0, 0.1) is 0 Å². The van der Waals surface area contributed by atoms with Gasteiger partial charge >= 0.3 is 0 Å². The highest BCUT2D eigenvalue weighted by Crippen LogP contribution is 2.16. The van der Waals surface area contributed by atoms with Crippen LogP contribution in [0.25, 0.3) is 6.08 Å². The van der Waals surface area contributed by atoms with Crippen LogP contribution < -0.4 is 10.4 Å². The van der Waals surface area contributed by atoms with Crippen molar-refractivity contribution in [1.29, 1.82) is 0 Å². The van der Waals surface area contributed by atoms with Gasteiger partial charge in [0.1, 0.15) is 5.76 Å². The summed E-state index contributed by atoms with van der Waals surface area (Å²) in [5.74, 6) is -1.75. The first kappa shape index (κ1) is 14.1. The maximum atomic E-state index is 12.0. The molecule has 0 radical (unpaired) electrons. The fraction of sp³-hybridized carbons (Fsp3) is 0. The zero-order valence-corrected chi connectivity index (χ0v) is 11.7. The van der Waals surface area contributed by atoms with E-state index in [4.69, 9.17) is 4.42 Å². The molecule has 0 spiro atoms. The van der Waals surface area contributed by atoms with Crippen molar-refractivity contribution in [3.63, 3.8) is 0 Å². The molecule has 1 aromatic carbocycles. The lowest BCUT2D eigenvalue weighted by Gasteiger charge is -2.11.